The molecule has 0 aliphatic carbocycles. The lowest BCUT2D eigenvalue weighted by Gasteiger charge is -2.26. The van der Waals surface area contributed by atoms with Crippen molar-refractivity contribution >= 4 is 5.69 Å². The van der Waals surface area contributed by atoms with Crippen molar-refractivity contribution in [1.29, 1.82) is 0 Å². The molecule has 1 aromatic rings. The van der Waals surface area contributed by atoms with Gasteiger partial charge in [-0.3, -0.25) is 4.98 Å². The molecule has 0 saturated carbocycles. The van der Waals surface area contributed by atoms with Crippen molar-refractivity contribution in [2.75, 3.05) is 11.9 Å². The van der Waals surface area contributed by atoms with Crippen LogP contribution in [0.4, 0.5) is 5.69 Å². The molecule has 0 radical (unpaired) electrons. The van der Waals surface area contributed by atoms with Gasteiger partial charge in [0.05, 0.1) is 5.69 Å². The number of pyridine rings is 1. The van der Waals surface area contributed by atoms with Crippen molar-refractivity contribution in [3.63, 3.8) is 0 Å². The fraction of sp³-hybridized carbons (Fsp3) is 0.583. The van der Waals surface area contributed by atoms with Crippen molar-refractivity contribution in [2.24, 2.45) is 5.73 Å². The van der Waals surface area contributed by atoms with Gasteiger partial charge in [0.2, 0.25) is 0 Å². The van der Waals surface area contributed by atoms with Crippen LogP contribution in [-0.2, 0) is 6.54 Å². The fourth-order valence-electron chi connectivity index (χ4n) is 1.66. The Bertz CT molecular complexity index is 299. The lowest BCUT2D eigenvalue weighted by atomic mass is 10.1. The van der Waals surface area contributed by atoms with E-state index in [0.29, 0.717) is 12.6 Å². The van der Waals surface area contributed by atoms with Gasteiger partial charge in [-0.05, 0) is 25.5 Å². The lowest BCUT2D eigenvalue weighted by Crippen LogP contribution is -2.28. The third kappa shape index (κ3) is 3.20. The highest BCUT2D eigenvalue weighted by Gasteiger charge is 2.09. The molecule has 15 heavy (non-hydrogen) atoms. The Kier molecular flexibility index (Phi) is 4.56. The molecule has 84 valence electrons. The summed E-state index contributed by atoms with van der Waals surface area (Å²) in [7, 11) is 2.12. The zero-order chi connectivity index (χ0) is 11.3. The van der Waals surface area contributed by atoms with Gasteiger partial charge in [0, 0.05) is 31.5 Å². The number of nitrogens with two attached hydrogens (primary N) is 1. The summed E-state index contributed by atoms with van der Waals surface area (Å²) in [6.07, 6.45) is 4.24. The average Bonchev–Trinajstić information content (AvgIpc) is 2.28. The molecule has 3 nitrogen and oxygen atoms in total. The maximum Gasteiger partial charge on any atom is 0.0560 e. The third-order valence-corrected chi connectivity index (χ3v) is 2.78. The summed E-state index contributed by atoms with van der Waals surface area (Å²) < 4.78 is 0. The van der Waals surface area contributed by atoms with E-state index < -0.39 is 0 Å². The zero-order valence-electron chi connectivity index (χ0n) is 9.90. The van der Waals surface area contributed by atoms with Crippen LogP contribution in [0.3, 0.4) is 0 Å². The summed E-state index contributed by atoms with van der Waals surface area (Å²) in [5.74, 6) is 0. The molecule has 0 saturated heterocycles. The van der Waals surface area contributed by atoms with Gasteiger partial charge in [-0.1, -0.05) is 13.3 Å². The smallest absolute Gasteiger partial charge is 0.0560 e. The van der Waals surface area contributed by atoms with Gasteiger partial charge < -0.3 is 10.6 Å². The first-order valence-electron chi connectivity index (χ1n) is 5.56. The standard InChI is InChI=1S/C12H21N3/c1-4-5-10(2)15(3)12-6-7-14-11(8-12)9-13/h6-8,10H,4-5,9,13H2,1-3H3. The number of rotatable bonds is 5. The Morgan fingerprint density at radius 1 is 1.53 bits per heavy atom. The zero-order valence-corrected chi connectivity index (χ0v) is 9.90. The van der Waals surface area contributed by atoms with E-state index in [0.717, 1.165) is 5.69 Å². The predicted octanol–water partition coefficient (Wildman–Crippen LogP) is 2.17. The molecule has 0 fully saturated rings. The Hall–Kier alpha value is -1.09. The minimum atomic E-state index is 0.504. The lowest BCUT2D eigenvalue weighted by molar-refractivity contribution is 0.615. The Morgan fingerprint density at radius 2 is 2.27 bits per heavy atom. The summed E-state index contributed by atoms with van der Waals surface area (Å²) in [5, 5.41) is 0. The van der Waals surface area contributed by atoms with Crippen LogP contribution in [0.25, 0.3) is 0 Å². The minimum Gasteiger partial charge on any atom is -0.372 e. The molecule has 0 aliphatic heterocycles. The van der Waals surface area contributed by atoms with E-state index in [2.05, 4.69) is 36.8 Å². The van der Waals surface area contributed by atoms with Gasteiger partial charge in [-0.25, -0.2) is 0 Å². The molecule has 3 heteroatoms. The monoisotopic (exact) mass is 207 g/mol. The number of hydrogen-bond acceptors (Lipinski definition) is 3. The summed E-state index contributed by atoms with van der Waals surface area (Å²) in [5.41, 5.74) is 7.72. The summed E-state index contributed by atoms with van der Waals surface area (Å²) in [6, 6.07) is 4.65. The second-order valence-corrected chi connectivity index (χ2v) is 3.96. The molecule has 1 unspecified atom stereocenters. The predicted molar refractivity (Wildman–Crippen MR) is 64.9 cm³/mol. The van der Waals surface area contributed by atoms with E-state index in [9.17, 15) is 0 Å². The molecular formula is C12H21N3. The topological polar surface area (TPSA) is 42.2 Å². The first kappa shape index (κ1) is 12.0. The normalized spacial score (nSPS) is 12.5. The molecule has 1 rings (SSSR count). The summed E-state index contributed by atoms with van der Waals surface area (Å²) in [6.45, 7) is 4.96. The van der Waals surface area contributed by atoms with E-state index >= 15 is 0 Å². The van der Waals surface area contributed by atoms with Gasteiger partial charge in [-0.2, -0.15) is 0 Å². The van der Waals surface area contributed by atoms with Gasteiger partial charge in [0.1, 0.15) is 0 Å². The van der Waals surface area contributed by atoms with Crippen LogP contribution in [-0.4, -0.2) is 18.1 Å². The number of nitrogens with zero attached hydrogens (tertiary/aromatic N) is 2. The Labute approximate surface area is 92.3 Å². The van der Waals surface area contributed by atoms with E-state index in [1.807, 2.05) is 12.3 Å². The highest BCUT2D eigenvalue weighted by atomic mass is 15.1. The molecule has 1 aromatic heterocycles. The van der Waals surface area contributed by atoms with Crippen LogP contribution < -0.4 is 10.6 Å². The maximum absolute atomic E-state index is 5.57. The van der Waals surface area contributed by atoms with Crippen LogP contribution in [0.1, 0.15) is 32.4 Å². The Morgan fingerprint density at radius 3 is 2.87 bits per heavy atom. The third-order valence-electron chi connectivity index (χ3n) is 2.78. The molecule has 2 N–H and O–H groups in total. The molecular weight excluding hydrogens is 186 g/mol. The van der Waals surface area contributed by atoms with Gasteiger partial charge >= 0.3 is 0 Å². The first-order valence-corrected chi connectivity index (χ1v) is 5.56. The van der Waals surface area contributed by atoms with Crippen molar-refractivity contribution in [3.05, 3.63) is 24.0 Å². The summed E-state index contributed by atoms with van der Waals surface area (Å²) in [4.78, 5) is 6.48. The van der Waals surface area contributed by atoms with Crippen LogP contribution in [0.2, 0.25) is 0 Å². The van der Waals surface area contributed by atoms with Gasteiger partial charge in [0.25, 0.3) is 0 Å². The molecule has 0 aliphatic rings. The second kappa shape index (κ2) is 5.71. The van der Waals surface area contributed by atoms with Crippen LogP contribution in [0.15, 0.2) is 18.3 Å². The average molecular weight is 207 g/mol. The van der Waals surface area contributed by atoms with Crippen LogP contribution in [0.5, 0.6) is 0 Å². The number of anilines is 1. The van der Waals surface area contributed by atoms with Crippen molar-refractivity contribution in [2.45, 2.75) is 39.3 Å². The quantitative estimate of drug-likeness (QED) is 0.804. The summed E-state index contributed by atoms with van der Waals surface area (Å²) >= 11 is 0. The molecule has 0 amide bonds. The van der Waals surface area contributed by atoms with E-state index in [1.54, 1.807) is 0 Å². The number of aromatic nitrogens is 1. The fourth-order valence-corrected chi connectivity index (χ4v) is 1.66. The van der Waals surface area contributed by atoms with Crippen molar-refractivity contribution < 1.29 is 0 Å². The van der Waals surface area contributed by atoms with Gasteiger partial charge in [-0.15, -0.1) is 0 Å². The van der Waals surface area contributed by atoms with Crippen molar-refractivity contribution in [1.82, 2.24) is 4.98 Å². The highest BCUT2D eigenvalue weighted by Crippen LogP contribution is 2.17. The van der Waals surface area contributed by atoms with Crippen molar-refractivity contribution in [3.8, 4) is 0 Å². The van der Waals surface area contributed by atoms with E-state index in [-0.39, 0.29) is 0 Å². The maximum atomic E-state index is 5.57. The molecule has 0 bridgehead atoms. The number of hydrogen-bond donors (Lipinski definition) is 1. The Balaban J connectivity index is 2.76. The van der Waals surface area contributed by atoms with E-state index in [1.165, 1.54) is 18.5 Å². The minimum absolute atomic E-state index is 0.504. The van der Waals surface area contributed by atoms with Gasteiger partial charge in [0.15, 0.2) is 0 Å². The first-order chi connectivity index (χ1) is 7.19. The second-order valence-electron chi connectivity index (χ2n) is 3.96. The van der Waals surface area contributed by atoms with Crippen LogP contribution >= 0.6 is 0 Å². The largest absolute Gasteiger partial charge is 0.372 e. The molecule has 0 aromatic carbocycles. The highest BCUT2D eigenvalue weighted by molar-refractivity contribution is 5.46. The molecule has 1 heterocycles. The van der Waals surface area contributed by atoms with Crippen LogP contribution in [0, 0.1) is 0 Å². The van der Waals surface area contributed by atoms with E-state index in [4.69, 9.17) is 5.73 Å². The molecule has 0 spiro atoms. The molecule has 1 atom stereocenters. The SMILES string of the molecule is CCCC(C)N(C)c1ccnc(CN)c1.